The number of nitrogens with two attached hydrogens (primary N) is 1. The van der Waals surface area contributed by atoms with E-state index in [1.165, 1.54) is 0 Å². The fourth-order valence-electron chi connectivity index (χ4n) is 0.865. The number of carbonyl (C=O) groups is 1. The molecule has 0 heterocycles. The van der Waals surface area contributed by atoms with Crippen LogP contribution in [-0.2, 0) is 4.79 Å². The van der Waals surface area contributed by atoms with E-state index in [1.54, 1.807) is 0 Å². The van der Waals surface area contributed by atoms with E-state index in [1.807, 2.05) is 6.92 Å². The van der Waals surface area contributed by atoms with Crippen LogP contribution >= 0.6 is 0 Å². The highest BCUT2D eigenvalue weighted by atomic mass is 16.1. The SMILES string of the molecule is CC(C)CCNC(=O)CC(C)N. The second-order valence-corrected chi connectivity index (χ2v) is 3.71. The molecule has 1 amide bonds. The highest BCUT2D eigenvalue weighted by Gasteiger charge is 2.03. The Morgan fingerprint density at radius 3 is 2.42 bits per heavy atom. The average Bonchev–Trinajstić information content (AvgIpc) is 1.84. The Hall–Kier alpha value is -0.570. The van der Waals surface area contributed by atoms with Crippen molar-refractivity contribution in [3.05, 3.63) is 0 Å². The van der Waals surface area contributed by atoms with Crippen LogP contribution in [0.2, 0.25) is 0 Å². The lowest BCUT2D eigenvalue weighted by Crippen LogP contribution is -2.30. The Bertz CT molecular complexity index is 132. The van der Waals surface area contributed by atoms with Crippen molar-refractivity contribution in [2.45, 2.75) is 39.7 Å². The number of rotatable bonds is 5. The van der Waals surface area contributed by atoms with Gasteiger partial charge in [-0.25, -0.2) is 0 Å². The van der Waals surface area contributed by atoms with E-state index < -0.39 is 0 Å². The Morgan fingerprint density at radius 1 is 1.42 bits per heavy atom. The number of carbonyl (C=O) groups excluding carboxylic acids is 1. The molecule has 0 aliphatic rings. The Labute approximate surface area is 74.7 Å². The molecule has 0 rings (SSSR count). The molecule has 0 aromatic rings. The molecule has 0 radical (unpaired) electrons. The molecule has 0 spiro atoms. The minimum Gasteiger partial charge on any atom is -0.356 e. The van der Waals surface area contributed by atoms with Crippen molar-refractivity contribution in [1.29, 1.82) is 0 Å². The summed E-state index contributed by atoms with van der Waals surface area (Å²) < 4.78 is 0. The van der Waals surface area contributed by atoms with E-state index >= 15 is 0 Å². The quantitative estimate of drug-likeness (QED) is 0.647. The fraction of sp³-hybridized carbons (Fsp3) is 0.889. The molecule has 3 nitrogen and oxygen atoms in total. The van der Waals surface area contributed by atoms with Crippen LogP contribution in [0.4, 0.5) is 0 Å². The summed E-state index contributed by atoms with van der Waals surface area (Å²) in [5, 5.41) is 2.83. The molecular formula is C9H20N2O. The van der Waals surface area contributed by atoms with E-state index in [4.69, 9.17) is 5.73 Å². The standard InChI is InChI=1S/C9H20N2O/c1-7(2)4-5-11-9(12)6-8(3)10/h7-8H,4-6,10H2,1-3H3,(H,11,12). The van der Waals surface area contributed by atoms with Crippen LogP contribution in [-0.4, -0.2) is 18.5 Å². The first kappa shape index (κ1) is 11.4. The lowest BCUT2D eigenvalue weighted by atomic mass is 10.1. The van der Waals surface area contributed by atoms with Crippen molar-refractivity contribution < 1.29 is 4.79 Å². The summed E-state index contributed by atoms with van der Waals surface area (Å²) in [7, 11) is 0. The molecule has 0 saturated carbocycles. The van der Waals surface area contributed by atoms with Gasteiger partial charge in [-0.15, -0.1) is 0 Å². The van der Waals surface area contributed by atoms with Crippen molar-refractivity contribution in [1.82, 2.24) is 5.32 Å². The van der Waals surface area contributed by atoms with Crippen LogP contribution in [0.5, 0.6) is 0 Å². The number of amides is 1. The summed E-state index contributed by atoms with van der Waals surface area (Å²) in [4.78, 5) is 11.0. The minimum absolute atomic E-state index is 0.0379. The monoisotopic (exact) mass is 172 g/mol. The van der Waals surface area contributed by atoms with E-state index in [-0.39, 0.29) is 11.9 Å². The molecule has 1 atom stereocenters. The average molecular weight is 172 g/mol. The number of hydrogen-bond donors (Lipinski definition) is 2. The predicted octanol–water partition coefficient (Wildman–Crippen LogP) is 0.886. The first-order valence-corrected chi connectivity index (χ1v) is 4.54. The number of hydrogen-bond acceptors (Lipinski definition) is 2. The third kappa shape index (κ3) is 7.54. The molecule has 0 saturated heterocycles. The van der Waals surface area contributed by atoms with Crippen molar-refractivity contribution in [2.75, 3.05) is 6.54 Å². The summed E-state index contributed by atoms with van der Waals surface area (Å²) >= 11 is 0. The van der Waals surface area contributed by atoms with Gasteiger partial charge in [0.15, 0.2) is 0 Å². The maximum absolute atomic E-state index is 11.0. The zero-order valence-corrected chi connectivity index (χ0v) is 8.26. The van der Waals surface area contributed by atoms with Gasteiger partial charge in [0.05, 0.1) is 0 Å². The molecule has 3 heteroatoms. The van der Waals surface area contributed by atoms with Crippen LogP contribution in [0, 0.1) is 5.92 Å². The number of nitrogens with one attached hydrogen (secondary N) is 1. The minimum atomic E-state index is -0.0379. The first-order valence-electron chi connectivity index (χ1n) is 4.54. The zero-order valence-electron chi connectivity index (χ0n) is 8.26. The van der Waals surface area contributed by atoms with E-state index in [0.29, 0.717) is 12.3 Å². The van der Waals surface area contributed by atoms with Crippen molar-refractivity contribution in [3.8, 4) is 0 Å². The maximum atomic E-state index is 11.0. The normalized spacial score (nSPS) is 13.1. The third-order valence-electron chi connectivity index (χ3n) is 1.55. The van der Waals surface area contributed by atoms with E-state index in [9.17, 15) is 4.79 Å². The van der Waals surface area contributed by atoms with Gasteiger partial charge in [0.2, 0.25) is 5.91 Å². The molecule has 0 aliphatic heterocycles. The Balaban J connectivity index is 3.32. The molecule has 1 unspecified atom stereocenters. The van der Waals surface area contributed by atoms with Crippen LogP contribution in [0.3, 0.4) is 0 Å². The molecular weight excluding hydrogens is 152 g/mol. The summed E-state index contributed by atoms with van der Waals surface area (Å²) in [5.41, 5.74) is 5.46. The van der Waals surface area contributed by atoms with Gasteiger partial charge in [-0.1, -0.05) is 13.8 Å². The van der Waals surface area contributed by atoms with Gasteiger partial charge in [0, 0.05) is 19.0 Å². The second-order valence-electron chi connectivity index (χ2n) is 3.71. The predicted molar refractivity (Wildman–Crippen MR) is 50.7 cm³/mol. The smallest absolute Gasteiger partial charge is 0.221 e. The molecule has 3 N–H and O–H groups in total. The van der Waals surface area contributed by atoms with Crippen LogP contribution in [0.15, 0.2) is 0 Å². The van der Waals surface area contributed by atoms with Crippen molar-refractivity contribution >= 4 is 5.91 Å². The van der Waals surface area contributed by atoms with Gasteiger partial charge >= 0.3 is 0 Å². The molecule has 0 aromatic carbocycles. The summed E-state index contributed by atoms with van der Waals surface area (Å²) in [6.07, 6.45) is 1.46. The second kappa shape index (κ2) is 6.00. The van der Waals surface area contributed by atoms with Gasteiger partial charge in [0.25, 0.3) is 0 Å². The van der Waals surface area contributed by atoms with Crippen LogP contribution < -0.4 is 11.1 Å². The summed E-state index contributed by atoms with van der Waals surface area (Å²) in [6.45, 7) is 6.88. The van der Waals surface area contributed by atoms with Gasteiger partial charge in [-0.2, -0.15) is 0 Å². The lowest BCUT2D eigenvalue weighted by molar-refractivity contribution is -0.121. The summed E-state index contributed by atoms with van der Waals surface area (Å²) in [5.74, 6) is 0.700. The highest BCUT2D eigenvalue weighted by molar-refractivity contribution is 5.76. The topological polar surface area (TPSA) is 55.1 Å². The molecule has 0 aliphatic carbocycles. The molecule has 0 aromatic heterocycles. The van der Waals surface area contributed by atoms with Gasteiger partial charge in [0.1, 0.15) is 0 Å². The van der Waals surface area contributed by atoms with E-state index in [0.717, 1.165) is 13.0 Å². The van der Waals surface area contributed by atoms with E-state index in [2.05, 4.69) is 19.2 Å². The van der Waals surface area contributed by atoms with Crippen LogP contribution in [0.25, 0.3) is 0 Å². The third-order valence-corrected chi connectivity index (χ3v) is 1.55. The highest BCUT2D eigenvalue weighted by Crippen LogP contribution is 1.96. The van der Waals surface area contributed by atoms with Gasteiger partial charge < -0.3 is 11.1 Å². The fourth-order valence-corrected chi connectivity index (χ4v) is 0.865. The molecule has 0 fully saturated rings. The zero-order chi connectivity index (χ0) is 9.56. The van der Waals surface area contributed by atoms with Gasteiger partial charge in [-0.05, 0) is 19.3 Å². The Kier molecular flexibility index (Phi) is 5.72. The first-order chi connectivity index (χ1) is 5.52. The van der Waals surface area contributed by atoms with Gasteiger partial charge in [-0.3, -0.25) is 4.79 Å². The Morgan fingerprint density at radius 2 is 2.00 bits per heavy atom. The molecule has 12 heavy (non-hydrogen) atoms. The molecule has 0 bridgehead atoms. The van der Waals surface area contributed by atoms with Crippen molar-refractivity contribution in [2.24, 2.45) is 11.7 Å². The van der Waals surface area contributed by atoms with Crippen molar-refractivity contribution in [3.63, 3.8) is 0 Å². The maximum Gasteiger partial charge on any atom is 0.221 e. The molecule has 72 valence electrons. The largest absolute Gasteiger partial charge is 0.356 e. The summed E-state index contributed by atoms with van der Waals surface area (Å²) in [6, 6.07) is -0.0379. The lowest BCUT2D eigenvalue weighted by Gasteiger charge is -2.08. The van der Waals surface area contributed by atoms with Crippen LogP contribution in [0.1, 0.15) is 33.6 Å².